The van der Waals surface area contributed by atoms with Crippen LogP contribution in [0.15, 0.2) is 48.6 Å². The molecule has 1 spiro atoms. The number of fused-ring (bicyclic) bond motifs is 2. The Balaban J connectivity index is 1.40. The molecule has 6 fully saturated rings. The van der Waals surface area contributed by atoms with Crippen molar-refractivity contribution in [3.05, 3.63) is 54.1 Å². The molecule has 1 aromatic carbocycles. The van der Waals surface area contributed by atoms with Gasteiger partial charge in [-0.1, -0.05) is 50.3 Å². The van der Waals surface area contributed by atoms with Gasteiger partial charge in [0, 0.05) is 11.5 Å². The van der Waals surface area contributed by atoms with Crippen LogP contribution in [0.3, 0.4) is 0 Å². The number of allylic oxidation sites excluding steroid dienone is 1. The van der Waals surface area contributed by atoms with Crippen LogP contribution in [-0.4, -0.2) is 30.4 Å². The van der Waals surface area contributed by atoms with Crippen molar-refractivity contribution in [2.75, 3.05) is 6.61 Å². The van der Waals surface area contributed by atoms with Crippen LogP contribution in [0.5, 0.6) is 0 Å². The molecular formula is C29H32O5. The minimum atomic E-state index is -0.868. The fourth-order valence-corrected chi connectivity index (χ4v) is 8.55. The van der Waals surface area contributed by atoms with Gasteiger partial charge in [-0.05, 0) is 73.5 Å². The average Bonchev–Trinajstić information content (AvgIpc) is 2.84. The highest BCUT2D eigenvalue weighted by molar-refractivity contribution is 6.03. The fraction of sp³-hybridized carbons (Fsp3) is 0.552. The number of benzene rings is 1. The molecule has 0 N–H and O–H groups in total. The first-order valence-corrected chi connectivity index (χ1v) is 12.7. The van der Waals surface area contributed by atoms with Crippen LogP contribution < -0.4 is 0 Å². The first-order valence-electron chi connectivity index (χ1n) is 12.7. The number of ether oxygens (including phenoxy) is 2. The van der Waals surface area contributed by atoms with Gasteiger partial charge >= 0.3 is 11.9 Å². The zero-order valence-corrected chi connectivity index (χ0v) is 19.8. The predicted molar refractivity (Wildman–Crippen MR) is 126 cm³/mol. The molecule has 4 bridgehead atoms. The van der Waals surface area contributed by atoms with Gasteiger partial charge in [0.15, 0.2) is 5.78 Å². The molecule has 1 saturated heterocycles. The lowest BCUT2D eigenvalue weighted by Gasteiger charge is -2.69. The second-order valence-corrected chi connectivity index (χ2v) is 11.5. The summed E-state index contributed by atoms with van der Waals surface area (Å²) in [4.78, 5) is 40.4. The smallest absolute Gasteiger partial charge is 0.331 e. The lowest BCUT2D eigenvalue weighted by atomic mass is 9.35. The Bertz CT molecular complexity index is 1100. The number of Topliss-reactive ketones (excluding diaryl/α,β-unsaturated/α-hetero) is 1. The molecule has 34 heavy (non-hydrogen) atoms. The molecule has 7 atom stereocenters. The maximum Gasteiger partial charge on any atom is 0.331 e. The first-order chi connectivity index (χ1) is 16.3. The third kappa shape index (κ3) is 2.76. The average molecular weight is 461 g/mol. The third-order valence-electron chi connectivity index (χ3n) is 10.1. The zero-order chi connectivity index (χ0) is 23.7. The van der Waals surface area contributed by atoms with E-state index in [-0.39, 0.29) is 34.9 Å². The number of carbonyl (C=O) groups excluding carboxylic acids is 3. The van der Waals surface area contributed by atoms with Crippen LogP contribution in [0.25, 0.3) is 6.08 Å². The summed E-state index contributed by atoms with van der Waals surface area (Å²) in [6, 6.07) is 9.61. The number of hydrogen-bond acceptors (Lipinski definition) is 5. The molecule has 1 heterocycles. The van der Waals surface area contributed by atoms with Crippen LogP contribution in [0.4, 0.5) is 0 Å². The summed E-state index contributed by atoms with van der Waals surface area (Å²) < 4.78 is 12.0. The van der Waals surface area contributed by atoms with E-state index in [4.69, 9.17) is 9.47 Å². The second-order valence-electron chi connectivity index (χ2n) is 11.5. The number of esters is 2. The highest BCUT2D eigenvalue weighted by Crippen LogP contribution is 2.73. The number of ketones is 1. The Morgan fingerprint density at radius 3 is 2.68 bits per heavy atom. The summed E-state index contributed by atoms with van der Waals surface area (Å²) in [5.41, 5.74) is -0.0931. The maximum atomic E-state index is 13.9. The Hall–Kier alpha value is -2.69. The molecule has 0 amide bonds. The number of hydrogen-bond donors (Lipinski definition) is 0. The van der Waals surface area contributed by atoms with Gasteiger partial charge in [0.25, 0.3) is 0 Å². The standard InChI is InChI=1S/C29H32O5/c1-18-20-11-14-29(25(18)31)22(15-20)28-13-6-12-27(2,17-33-26(28)32)21(28)16-23(29)34-24(30)10-9-19-7-4-3-5-8-19/h3-5,7-10,20-23H,1,6,11-17H2,2H3/b10-9+/t20-,21?,22?,23+,27-,28?,29?/m0/s1. The summed E-state index contributed by atoms with van der Waals surface area (Å²) >= 11 is 0. The highest BCUT2D eigenvalue weighted by Gasteiger charge is 2.76. The van der Waals surface area contributed by atoms with Gasteiger partial charge in [-0.25, -0.2) is 4.79 Å². The molecule has 178 valence electrons. The van der Waals surface area contributed by atoms with Gasteiger partial charge in [0.05, 0.1) is 17.4 Å². The van der Waals surface area contributed by atoms with E-state index in [9.17, 15) is 14.4 Å². The van der Waals surface area contributed by atoms with E-state index in [0.717, 1.165) is 37.7 Å². The van der Waals surface area contributed by atoms with E-state index in [0.29, 0.717) is 25.0 Å². The lowest BCUT2D eigenvalue weighted by molar-refractivity contribution is -0.257. The fourth-order valence-electron chi connectivity index (χ4n) is 8.55. The van der Waals surface area contributed by atoms with Crippen molar-refractivity contribution in [2.24, 2.45) is 34.0 Å². The SMILES string of the molecule is C=C1C(=O)C23CC[C@H]1CC2C12CCC[C@@](C)(COC1=O)C2C[C@H]3OC(=O)/C=C/c1ccccc1. The van der Waals surface area contributed by atoms with Crippen LogP contribution in [-0.2, 0) is 23.9 Å². The molecule has 6 aliphatic rings. The molecular weight excluding hydrogens is 428 g/mol. The second kappa shape index (κ2) is 7.40. The molecule has 0 aromatic heterocycles. The van der Waals surface area contributed by atoms with Crippen LogP contribution in [0.1, 0.15) is 57.4 Å². The zero-order valence-electron chi connectivity index (χ0n) is 19.8. The molecule has 1 aromatic rings. The minimum absolute atomic E-state index is 0.0170. The predicted octanol–water partition coefficient (Wildman–Crippen LogP) is 4.91. The van der Waals surface area contributed by atoms with Crippen molar-refractivity contribution in [3.8, 4) is 0 Å². The summed E-state index contributed by atoms with van der Waals surface area (Å²) in [6.45, 7) is 6.77. The number of rotatable bonds is 3. The molecule has 4 unspecified atom stereocenters. The highest BCUT2D eigenvalue weighted by atomic mass is 16.5. The summed E-state index contributed by atoms with van der Waals surface area (Å²) in [7, 11) is 0. The molecule has 5 heteroatoms. The van der Waals surface area contributed by atoms with Gasteiger partial charge in [-0.3, -0.25) is 9.59 Å². The maximum absolute atomic E-state index is 13.9. The molecule has 7 rings (SSSR count). The molecule has 1 aliphatic heterocycles. The van der Waals surface area contributed by atoms with Crippen LogP contribution >= 0.6 is 0 Å². The minimum Gasteiger partial charge on any atom is -0.465 e. The van der Waals surface area contributed by atoms with Crippen LogP contribution in [0.2, 0.25) is 0 Å². The Labute approximate surface area is 200 Å². The molecule has 5 aliphatic carbocycles. The van der Waals surface area contributed by atoms with Gasteiger partial charge in [0.1, 0.15) is 6.10 Å². The van der Waals surface area contributed by atoms with Crippen molar-refractivity contribution in [1.29, 1.82) is 0 Å². The third-order valence-corrected chi connectivity index (χ3v) is 10.1. The summed E-state index contributed by atoms with van der Waals surface area (Å²) in [5.74, 6) is -0.523. The molecule has 0 radical (unpaired) electrons. The first kappa shape index (κ1) is 21.8. The van der Waals surface area contributed by atoms with E-state index in [2.05, 4.69) is 13.5 Å². The Morgan fingerprint density at radius 2 is 1.88 bits per heavy atom. The van der Waals surface area contributed by atoms with Crippen molar-refractivity contribution < 1.29 is 23.9 Å². The monoisotopic (exact) mass is 460 g/mol. The largest absolute Gasteiger partial charge is 0.465 e. The Morgan fingerprint density at radius 1 is 1.09 bits per heavy atom. The quantitative estimate of drug-likeness (QED) is 0.474. The summed E-state index contributed by atoms with van der Waals surface area (Å²) in [6.07, 6.45) is 8.20. The van der Waals surface area contributed by atoms with E-state index in [1.807, 2.05) is 30.3 Å². The van der Waals surface area contributed by atoms with E-state index >= 15 is 0 Å². The van der Waals surface area contributed by atoms with Crippen molar-refractivity contribution in [3.63, 3.8) is 0 Å². The number of cyclic esters (lactones) is 1. The van der Waals surface area contributed by atoms with E-state index < -0.39 is 22.9 Å². The van der Waals surface area contributed by atoms with Crippen molar-refractivity contribution >= 4 is 23.8 Å². The summed E-state index contributed by atoms with van der Waals surface area (Å²) in [5, 5.41) is 0. The lowest BCUT2D eigenvalue weighted by Crippen LogP contribution is -2.73. The van der Waals surface area contributed by atoms with Gasteiger partial charge in [-0.2, -0.15) is 0 Å². The topological polar surface area (TPSA) is 69.7 Å². The van der Waals surface area contributed by atoms with Gasteiger partial charge in [-0.15, -0.1) is 0 Å². The molecule has 5 saturated carbocycles. The molecule has 5 nitrogen and oxygen atoms in total. The van der Waals surface area contributed by atoms with Gasteiger partial charge < -0.3 is 9.47 Å². The van der Waals surface area contributed by atoms with Gasteiger partial charge in [0.2, 0.25) is 0 Å². The normalized spacial score (nSPS) is 42.7. The van der Waals surface area contributed by atoms with Crippen molar-refractivity contribution in [2.45, 2.75) is 58.0 Å². The number of carbonyl (C=O) groups is 3. The Kier molecular flexibility index (Phi) is 4.75. The van der Waals surface area contributed by atoms with E-state index in [1.54, 1.807) is 6.08 Å². The van der Waals surface area contributed by atoms with Crippen LogP contribution in [0, 0.1) is 34.0 Å². The van der Waals surface area contributed by atoms with Crippen molar-refractivity contribution in [1.82, 2.24) is 0 Å². The van der Waals surface area contributed by atoms with E-state index in [1.165, 1.54) is 6.08 Å².